The number of benzene rings is 1. The summed E-state index contributed by atoms with van der Waals surface area (Å²) in [5, 5.41) is 8.74. The van der Waals surface area contributed by atoms with Crippen LogP contribution < -0.4 is 5.32 Å². The maximum Gasteiger partial charge on any atom is 0.246 e. The molecular formula is C18H19N3O2S. The summed E-state index contributed by atoms with van der Waals surface area (Å²) in [5.74, 6) is 0.919. The van der Waals surface area contributed by atoms with Crippen molar-refractivity contribution in [2.75, 3.05) is 0 Å². The largest absolute Gasteiger partial charge is 0.347 e. The highest BCUT2D eigenvalue weighted by atomic mass is 32.1. The Kier molecular flexibility index (Phi) is 4.76. The second-order valence-electron chi connectivity index (χ2n) is 6.19. The fourth-order valence-electron chi connectivity index (χ4n) is 2.46. The van der Waals surface area contributed by atoms with E-state index in [1.54, 1.807) is 11.3 Å². The number of hydrogen-bond acceptors (Lipinski definition) is 5. The Hall–Kier alpha value is -2.47. The molecule has 6 heteroatoms. The minimum Gasteiger partial charge on any atom is -0.347 e. The van der Waals surface area contributed by atoms with Crippen molar-refractivity contribution in [2.45, 2.75) is 32.2 Å². The Bertz CT molecular complexity index is 795. The van der Waals surface area contributed by atoms with Crippen LogP contribution in [0.5, 0.6) is 0 Å². The zero-order valence-electron chi connectivity index (χ0n) is 13.7. The Labute approximate surface area is 144 Å². The predicted molar refractivity (Wildman–Crippen MR) is 93.5 cm³/mol. The molecule has 0 unspecified atom stereocenters. The van der Waals surface area contributed by atoms with Crippen LogP contribution in [0.25, 0.3) is 10.7 Å². The van der Waals surface area contributed by atoms with Crippen molar-refractivity contribution in [3.05, 3.63) is 59.3 Å². The van der Waals surface area contributed by atoms with E-state index >= 15 is 0 Å². The highest BCUT2D eigenvalue weighted by Crippen LogP contribution is 2.26. The third kappa shape index (κ3) is 3.89. The van der Waals surface area contributed by atoms with Gasteiger partial charge in [-0.1, -0.05) is 55.4 Å². The van der Waals surface area contributed by atoms with Crippen molar-refractivity contribution in [3.8, 4) is 10.7 Å². The van der Waals surface area contributed by atoms with Crippen molar-refractivity contribution in [2.24, 2.45) is 0 Å². The summed E-state index contributed by atoms with van der Waals surface area (Å²) in [4.78, 5) is 17.5. The summed E-state index contributed by atoms with van der Waals surface area (Å²) in [6, 6.07) is 13.9. The molecule has 0 aliphatic carbocycles. The van der Waals surface area contributed by atoms with Gasteiger partial charge in [0.25, 0.3) is 0 Å². The van der Waals surface area contributed by atoms with Crippen molar-refractivity contribution >= 4 is 17.2 Å². The van der Waals surface area contributed by atoms with Crippen LogP contribution >= 0.6 is 11.3 Å². The molecule has 2 heterocycles. The zero-order chi connectivity index (χ0) is 17.0. The van der Waals surface area contributed by atoms with Gasteiger partial charge in [0.15, 0.2) is 0 Å². The van der Waals surface area contributed by atoms with Crippen LogP contribution in [0, 0.1) is 0 Å². The molecule has 0 saturated carbocycles. The first-order valence-electron chi connectivity index (χ1n) is 7.73. The molecule has 0 aliphatic rings. The lowest BCUT2D eigenvalue weighted by Gasteiger charge is -2.24. The van der Waals surface area contributed by atoms with Gasteiger partial charge in [-0.25, -0.2) is 0 Å². The summed E-state index contributed by atoms with van der Waals surface area (Å²) >= 11 is 1.55. The van der Waals surface area contributed by atoms with Crippen LogP contribution in [0.1, 0.15) is 31.7 Å². The Morgan fingerprint density at radius 2 is 2.00 bits per heavy atom. The van der Waals surface area contributed by atoms with Gasteiger partial charge in [-0.3, -0.25) is 4.79 Å². The topological polar surface area (TPSA) is 68.0 Å². The van der Waals surface area contributed by atoms with E-state index in [0.29, 0.717) is 18.1 Å². The number of hydrogen-bond donors (Lipinski definition) is 1. The van der Waals surface area contributed by atoms with E-state index in [1.807, 2.05) is 47.8 Å². The summed E-state index contributed by atoms with van der Waals surface area (Å²) < 4.78 is 5.18. The lowest BCUT2D eigenvalue weighted by Crippen LogP contribution is -2.30. The van der Waals surface area contributed by atoms with E-state index in [0.717, 1.165) is 10.4 Å². The fourth-order valence-corrected chi connectivity index (χ4v) is 3.11. The summed E-state index contributed by atoms with van der Waals surface area (Å²) in [7, 11) is 0. The van der Waals surface area contributed by atoms with Gasteiger partial charge in [0.2, 0.25) is 17.6 Å². The molecule has 24 heavy (non-hydrogen) atoms. The maximum absolute atomic E-state index is 12.2. The van der Waals surface area contributed by atoms with Crippen molar-refractivity contribution in [3.63, 3.8) is 0 Å². The third-order valence-electron chi connectivity index (χ3n) is 3.80. The number of nitrogens with zero attached hydrogens (tertiary/aromatic N) is 2. The molecule has 0 saturated heterocycles. The maximum atomic E-state index is 12.2. The first-order chi connectivity index (χ1) is 11.5. The van der Waals surface area contributed by atoms with E-state index in [2.05, 4.69) is 29.3 Å². The molecule has 5 nitrogen and oxygen atoms in total. The second-order valence-corrected chi connectivity index (χ2v) is 7.14. The molecule has 0 aliphatic heterocycles. The van der Waals surface area contributed by atoms with Crippen LogP contribution in [-0.2, 0) is 16.8 Å². The van der Waals surface area contributed by atoms with Crippen molar-refractivity contribution < 1.29 is 9.32 Å². The molecule has 2 aromatic heterocycles. The molecule has 1 aromatic carbocycles. The van der Waals surface area contributed by atoms with Gasteiger partial charge in [0.05, 0.1) is 11.4 Å². The molecule has 3 rings (SSSR count). The predicted octanol–water partition coefficient (Wildman–Crippen LogP) is 3.78. The smallest absolute Gasteiger partial charge is 0.246 e. The van der Waals surface area contributed by atoms with Gasteiger partial charge in [0.1, 0.15) is 0 Å². The molecule has 124 valence electrons. The quantitative estimate of drug-likeness (QED) is 0.741. The zero-order valence-corrected chi connectivity index (χ0v) is 14.5. The van der Waals surface area contributed by atoms with E-state index in [4.69, 9.17) is 4.52 Å². The number of aromatic nitrogens is 2. The van der Waals surface area contributed by atoms with Gasteiger partial charge in [-0.15, -0.1) is 11.3 Å². The molecule has 3 aromatic rings. The van der Waals surface area contributed by atoms with E-state index in [9.17, 15) is 4.79 Å². The summed E-state index contributed by atoms with van der Waals surface area (Å²) in [6.45, 7) is 4.36. The van der Waals surface area contributed by atoms with Crippen LogP contribution in [0.3, 0.4) is 0 Å². The number of rotatable bonds is 6. The molecule has 0 fully saturated rings. The van der Waals surface area contributed by atoms with Crippen molar-refractivity contribution in [1.82, 2.24) is 15.5 Å². The molecule has 1 N–H and O–H groups in total. The molecular weight excluding hydrogens is 322 g/mol. The lowest BCUT2D eigenvalue weighted by molar-refractivity contribution is -0.122. The Morgan fingerprint density at radius 1 is 1.21 bits per heavy atom. The first-order valence-corrected chi connectivity index (χ1v) is 8.61. The number of carbonyl (C=O) groups is 1. The Balaban J connectivity index is 1.56. The minimum absolute atomic E-state index is 0.0419. The first kappa shape index (κ1) is 16.4. The van der Waals surface area contributed by atoms with E-state index < -0.39 is 0 Å². The average molecular weight is 341 g/mol. The standard InChI is InChI=1S/C18H19N3O2S/c1-18(2,13-7-4-3-5-8-13)11-15(22)19-12-16-20-17(21-23-16)14-9-6-10-24-14/h3-10H,11-12H2,1-2H3,(H,19,22). The number of amides is 1. The summed E-state index contributed by atoms with van der Waals surface area (Å²) in [5.41, 5.74) is 0.903. The number of carbonyl (C=O) groups excluding carboxylic acids is 1. The van der Waals surface area contributed by atoms with E-state index in [1.165, 1.54) is 0 Å². The number of nitrogens with one attached hydrogen (secondary N) is 1. The normalized spacial score (nSPS) is 11.4. The van der Waals surface area contributed by atoms with Crippen LogP contribution in [0.4, 0.5) is 0 Å². The van der Waals surface area contributed by atoms with Crippen LogP contribution in [0.2, 0.25) is 0 Å². The fraction of sp³-hybridized carbons (Fsp3) is 0.278. The minimum atomic E-state index is -0.234. The van der Waals surface area contributed by atoms with Crippen LogP contribution in [-0.4, -0.2) is 16.0 Å². The number of thiophene rings is 1. The second kappa shape index (κ2) is 6.97. The third-order valence-corrected chi connectivity index (χ3v) is 4.67. The van der Waals surface area contributed by atoms with E-state index in [-0.39, 0.29) is 17.9 Å². The lowest BCUT2D eigenvalue weighted by atomic mass is 9.81. The average Bonchev–Trinajstić information content (AvgIpc) is 3.25. The summed E-state index contributed by atoms with van der Waals surface area (Å²) in [6.07, 6.45) is 0.392. The molecule has 0 bridgehead atoms. The Morgan fingerprint density at radius 3 is 2.71 bits per heavy atom. The molecule has 0 radical (unpaired) electrons. The highest BCUT2D eigenvalue weighted by molar-refractivity contribution is 7.13. The molecule has 0 spiro atoms. The van der Waals surface area contributed by atoms with Gasteiger partial charge < -0.3 is 9.84 Å². The monoisotopic (exact) mass is 341 g/mol. The highest BCUT2D eigenvalue weighted by Gasteiger charge is 2.24. The van der Waals surface area contributed by atoms with Gasteiger partial charge >= 0.3 is 0 Å². The van der Waals surface area contributed by atoms with Gasteiger partial charge in [-0.05, 0) is 22.4 Å². The van der Waals surface area contributed by atoms with Gasteiger partial charge in [0, 0.05) is 6.42 Å². The van der Waals surface area contributed by atoms with Crippen molar-refractivity contribution in [1.29, 1.82) is 0 Å². The molecule has 0 atom stereocenters. The molecule has 1 amide bonds. The SMILES string of the molecule is CC(C)(CC(=O)NCc1nc(-c2cccs2)no1)c1ccccc1. The van der Waals surface area contributed by atoms with Crippen LogP contribution in [0.15, 0.2) is 52.4 Å². The van der Waals surface area contributed by atoms with Gasteiger partial charge in [-0.2, -0.15) is 4.98 Å².